The van der Waals surface area contributed by atoms with Crippen LogP contribution in [0.2, 0.25) is 0 Å². The Kier molecular flexibility index (Phi) is 3.08. The van der Waals surface area contributed by atoms with Crippen LogP contribution in [-0.2, 0) is 0 Å². The third kappa shape index (κ3) is 2.28. The number of nitrogens with zero attached hydrogens (tertiary/aromatic N) is 2. The Labute approximate surface area is 127 Å². The van der Waals surface area contributed by atoms with Crippen molar-refractivity contribution in [1.82, 2.24) is 9.69 Å². The zero-order chi connectivity index (χ0) is 14.6. The standard InChI is InChI=1S/C14H20N4O2S/c15-12-11(13(20)16-8-2-3-8)14(21-17-12)18-5-7-1-4-10(19)9(7)6-18/h7-10,19H,1-6H2,(H2,15,17)(H,16,20). The summed E-state index contributed by atoms with van der Waals surface area (Å²) in [4.78, 5) is 14.6. The largest absolute Gasteiger partial charge is 0.393 e. The second-order valence-electron chi connectivity index (χ2n) is 6.47. The second-order valence-corrected chi connectivity index (χ2v) is 7.22. The highest BCUT2D eigenvalue weighted by Gasteiger charge is 2.43. The summed E-state index contributed by atoms with van der Waals surface area (Å²) in [6, 6.07) is 0.310. The van der Waals surface area contributed by atoms with Gasteiger partial charge < -0.3 is 21.1 Å². The molecule has 21 heavy (non-hydrogen) atoms. The normalized spacial score (nSPS) is 31.5. The summed E-state index contributed by atoms with van der Waals surface area (Å²) < 4.78 is 4.18. The molecule has 3 unspecified atom stereocenters. The lowest BCUT2D eigenvalue weighted by atomic mass is 10.00. The third-order valence-electron chi connectivity index (χ3n) is 4.95. The van der Waals surface area contributed by atoms with Crippen molar-refractivity contribution in [2.75, 3.05) is 23.7 Å². The number of amides is 1. The van der Waals surface area contributed by atoms with Gasteiger partial charge in [0, 0.05) is 25.0 Å². The van der Waals surface area contributed by atoms with Gasteiger partial charge in [0.2, 0.25) is 0 Å². The van der Waals surface area contributed by atoms with Crippen LogP contribution in [0, 0.1) is 11.8 Å². The predicted molar refractivity (Wildman–Crippen MR) is 81.4 cm³/mol. The van der Waals surface area contributed by atoms with Gasteiger partial charge in [-0.15, -0.1) is 0 Å². The Bertz CT molecular complexity index is 571. The minimum Gasteiger partial charge on any atom is -0.393 e. The number of nitrogens with two attached hydrogens (primary N) is 1. The zero-order valence-corrected chi connectivity index (χ0v) is 12.6. The maximum atomic E-state index is 12.4. The summed E-state index contributed by atoms with van der Waals surface area (Å²) in [5.41, 5.74) is 6.44. The number of nitrogens with one attached hydrogen (secondary N) is 1. The van der Waals surface area contributed by atoms with Crippen LogP contribution in [0.3, 0.4) is 0 Å². The summed E-state index contributed by atoms with van der Waals surface area (Å²) in [5.74, 6) is 1.08. The lowest BCUT2D eigenvalue weighted by Gasteiger charge is -2.19. The molecule has 1 amide bonds. The Morgan fingerprint density at radius 3 is 2.86 bits per heavy atom. The van der Waals surface area contributed by atoms with Crippen LogP contribution in [0.4, 0.5) is 10.8 Å². The van der Waals surface area contributed by atoms with Gasteiger partial charge in [0.05, 0.1) is 6.10 Å². The van der Waals surface area contributed by atoms with E-state index in [0.717, 1.165) is 43.8 Å². The number of aromatic nitrogens is 1. The summed E-state index contributed by atoms with van der Waals surface area (Å²) in [7, 11) is 0. The first-order valence-corrected chi connectivity index (χ1v) is 8.40. The maximum Gasteiger partial charge on any atom is 0.258 e. The number of rotatable bonds is 3. The molecule has 1 aliphatic heterocycles. The summed E-state index contributed by atoms with van der Waals surface area (Å²) >= 11 is 1.30. The first-order chi connectivity index (χ1) is 10.1. The van der Waals surface area contributed by atoms with E-state index < -0.39 is 0 Å². The van der Waals surface area contributed by atoms with E-state index in [0.29, 0.717) is 29.3 Å². The number of carbonyl (C=O) groups excluding carboxylic acids is 1. The van der Waals surface area contributed by atoms with Crippen molar-refractivity contribution in [2.45, 2.75) is 37.8 Å². The molecule has 0 bridgehead atoms. The maximum absolute atomic E-state index is 12.4. The van der Waals surface area contributed by atoms with Gasteiger partial charge in [-0.25, -0.2) is 0 Å². The van der Waals surface area contributed by atoms with Gasteiger partial charge in [-0.1, -0.05) is 0 Å². The second kappa shape index (κ2) is 4.84. The molecule has 0 spiro atoms. The average molecular weight is 308 g/mol. The van der Waals surface area contributed by atoms with Crippen LogP contribution in [0.5, 0.6) is 0 Å². The molecule has 3 aliphatic rings. The van der Waals surface area contributed by atoms with Crippen LogP contribution >= 0.6 is 11.5 Å². The number of nitrogen functional groups attached to an aromatic ring is 1. The van der Waals surface area contributed by atoms with Crippen LogP contribution in [0.15, 0.2) is 0 Å². The molecule has 1 aromatic heterocycles. The minimum atomic E-state index is -0.200. The van der Waals surface area contributed by atoms with E-state index in [9.17, 15) is 9.90 Å². The Hall–Kier alpha value is -1.34. The van der Waals surface area contributed by atoms with Crippen molar-refractivity contribution < 1.29 is 9.90 Å². The molecule has 0 aromatic carbocycles. The molecule has 2 heterocycles. The SMILES string of the molecule is Nc1nsc(N2CC3CCC(O)C3C2)c1C(=O)NC1CC1. The predicted octanol–water partition coefficient (Wildman–Crippen LogP) is 0.825. The first kappa shape index (κ1) is 13.3. The lowest BCUT2D eigenvalue weighted by Crippen LogP contribution is -2.29. The van der Waals surface area contributed by atoms with Gasteiger partial charge >= 0.3 is 0 Å². The molecule has 7 heteroatoms. The highest BCUT2D eigenvalue weighted by molar-refractivity contribution is 7.11. The molecule has 1 aromatic rings. The zero-order valence-electron chi connectivity index (χ0n) is 11.8. The Balaban J connectivity index is 1.56. The summed E-state index contributed by atoms with van der Waals surface area (Å²) in [6.45, 7) is 1.70. The van der Waals surface area contributed by atoms with E-state index in [-0.39, 0.29) is 12.0 Å². The molecule has 114 valence electrons. The number of anilines is 2. The molecular weight excluding hydrogens is 288 g/mol. The van der Waals surface area contributed by atoms with Gasteiger partial charge in [-0.05, 0) is 43.1 Å². The molecule has 0 radical (unpaired) electrons. The van der Waals surface area contributed by atoms with Crippen molar-refractivity contribution in [1.29, 1.82) is 0 Å². The number of hydrogen-bond donors (Lipinski definition) is 3. The molecule has 2 saturated carbocycles. The highest BCUT2D eigenvalue weighted by Crippen LogP contribution is 2.42. The smallest absolute Gasteiger partial charge is 0.258 e. The first-order valence-electron chi connectivity index (χ1n) is 7.62. The van der Waals surface area contributed by atoms with Crippen LogP contribution < -0.4 is 16.0 Å². The van der Waals surface area contributed by atoms with Crippen molar-refractivity contribution >= 4 is 28.3 Å². The fourth-order valence-electron chi connectivity index (χ4n) is 3.61. The topological polar surface area (TPSA) is 91.5 Å². The van der Waals surface area contributed by atoms with Crippen molar-refractivity contribution in [3.63, 3.8) is 0 Å². The number of hydrogen-bond acceptors (Lipinski definition) is 6. The number of fused-ring (bicyclic) bond motifs is 1. The van der Waals surface area contributed by atoms with E-state index in [1.54, 1.807) is 0 Å². The molecule has 2 aliphatic carbocycles. The highest BCUT2D eigenvalue weighted by atomic mass is 32.1. The van der Waals surface area contributed by atoms with Gasteiger partial charge in [0.15, 0.2) is 5.82 Å². The Morgan fingerprint density at radius 1 is 1.33 bits per heavy atom. The fraction of sp³-hybridized carbons (Fsp3) is 0.714. The van der Waals surface area contributed by atoms with Gasteiger partial charge in [0.1, 0.15) is 10.6 Å². The molecule has 1 saturated heterocycles. The van der Waals surface area contributed by atoms with Gasteiger partial charge in [-0.3, -0.25) is 4.79 Å². The molecule has 4 rings (SSSR count). The van der Waals surface area contributed by atoms with E-state index in [1.165, 1.54) is 11.5 Å². The third-order valence-corrected chi connectivity index (χ3v) is 5.87. The molecule has 3 atom stereocenters. The summed E-state index contributed by atoms with van der Waals surface area (Å²) in [6.07, 6.45) is 3.88. The van der Waals surface area contributed by atoms with Crippen molar-refractivity contribution in [3.8, 4) is 0 Å². The van der Waals surface area contributed by atoms with E-state index in [1.807, 2.05) is 0 Å². The van der Waals surface area contributed by atoms with Gasteiger partial charge in [0.25, 0.3) is 5.91 Å². The number of aliphatic hydroxyl groups excluding tert-OH is 1. The van der Waals surface area contributed by atoms with E-state index in [4.69, 9.17) is 5.73 Å². The molecule has 3 fully saturated rings. The monoisotopic (exact) mass is 308 g/mol. The average Bonchev–Trinajstić information content (AvgIpc) is 2.89. The molecular formula is C14H20N4O2S. The lowest BCUT2D eigenvalue weighted by molar-refractivity contribution is 0.0952. The Morgan fingerprint density at radius 2 is 2.14 bits per heavy atom. The quantitative estimate of drug-likeness (QED) is 0.769. The summed E-state index contributed by atoms with van der Waals surface area (Å²) in [5, 5.41) is 13.9. The van der Waals surface area contributed by atoms with Gasteiger partial charge in [-0.2, -0.15) is 4.37 Å². The van der Waals surface area contributed by atoms with Crippen LogP contribution in [-0.4, -0.2) is 40.6 Å². The van der Waals surface area contributed by atoms with Crippen LogP contribution in [0.1, 0.15) is 36.0 Å². The van der Waals surface area contributed by atoms with Crippen molar-refractivity contribution in [2.24, 2.45) is 11.8 Å². The minimum absolute atomic E-state index is 0.101. The number of carbonyl (C=O) groups is 1. The fourth-order valence-corrected chi connectivity index (χ4v) is 4.44. The number of aliphatic hydroxyl groups is 1. The van der Waals surface area contributed by atoms with E-state index >= 15 is 0 Å². The van der Waals surface area contributed by atoms with E-state index in [2.05, 4.69) is 14.6 Å². The van der Waals surface area contributed by atoms with Crippen molar-refractivity contribution in [3.05, 3.63) is 5.56 Å². The molecule has 6 nitrogen and oxygen atoms in total. The molecule has 4 N–H and O–H groups in total. The van der Waals surface area contributed by atoms with Crippen LogP contribution in [0.25, 0.3) is 0 Å².